The average molecular weight is 1500 g/mol. The number of rotatable bonds is 12. The Balaban J connectivity index is 0.000000138. The van der Waals surface area contributed by atoms with Gasteiger partial charge in [-0.25, -0.2) is 0 Å². The van der Waals surface area contributed by atoms with Crippen LogP contribution in [0.15, 0.2) is 449 Å². The van der Waals surface area contributed by atoms with E-state index in [2.05, 4.69) is 477 Å². The van der Waals surface area contributed by atoms with Crippen LogP contribution < -0.4 is 9.80 Å². The van der Waals surface area contributed by atoms with Crippen LogP contribution in [0.3, 0.4) is 0 Å². The molecule has 0 radical (unpaired) electrons. The number of benzene rings is 20. The summed E-state index contributed by atoms with van der Waals surface area (Å²) in [7, 11) is 0. The van der Waals surface area contributed by atoms with Crippen molar-refractivity contribution in [2.24, 2.45) is 0 Å². The molecule has 6 nitrogen and oxygen atoms in total. The van der Waals surface area contributed by atoms with E-state index in [1.54, 1.807) is 0 Å². The highest BCUT2D eigenvalue weighted by atomic mass is 15.1. The first-order valence-corrected chi connectivity index (χ1v) is 40.5. The van der Waals surface area contributed by atoms with Gasteiger partial charge in [-0.3, -0.25) is 0 Å². The average Bonchev–Trinajstić information content (AvgIpc) is 1.53. The van der Waals surface area contributed by atoms with Gasteiger partial charge < -0.3 is 28.1 Å². The van der Waals surface area contributed by atoms with Gasteiger partial charge >= 0.3 is 0 Å². The van der Waals surface area contributed by atoms with Crippen molar-refractivity contribution in [1.82, 2.24) is 18.3 Å². The lowest BCUT2D eigenvalue weighted by Gasteiger charge is -2.25. The van der Waals surface area contributed by atoms with E-state index < -0.39 is 0 Å². The quantitative estimate of drug-likeness (QED) is 0.122. The molecule has 0 saturated carbocycles. The molecular formula is C112H74N6. The molecule has 118 heavy (non-hydrogen) atoms. The van der Waals surface area contributed by atoms with Crippen molar-refractivity contribution in [1.29, 1.82) is 0 Å². The van der Waals surface area contributed by atoms with Crippen molar-refractivity contribution in [2.45, 2.75) is 0 Å². The van der Waals surface area contributed by atoms with Crippen LogP contribution in [0.4, 0.5) is 34.1 Å². The molecule has 20 aromatic carbocycles. The molecule has 0 N–H and O–H groups in total. The van der Waals surface area contributed by atoms with E-state index in [0.29, 0.717) is 0 Å². The Morgan fingerprint density at radius 1 is 0.161 bits per heavy atom. The molecule has 0 spiro atoms. The summed E-state index contributed by atoms with van der Waals surface area (Å²) in [6, 6.07) is 163. The lowest BCUT2D eigenvalue weighted by molar-refractivity contribution is 1.15. The number of anilines is 6. The molecular weight excluding hydrogens is 1430 g/mol. The van der Waals surface area contributed by atoms with Crippen molar-refractivity contribution in [3.63, 3.8) is 0 Å². The molecule has 24 rings (SSSR count). The topological polar surface area (TPSA) is 26.2 Å². The molecule has 4 heterocycles. The highest BCUT2D eigenvalue weighted by Crippen LogP contribution is 2.51. The lowest BCUT2D eigenvalue weighted by atomic mass is 9.96. The van der Waals surface area contributed by atoms with Gasteiger partial charge in [-0.1, -0.05) is 303 Å². The fraction of sp³-hybridized carbons (Fsp3) is 0. The normalized spacial score (nSPS) is 11.7. The van der Waals surface area contributed by atoms with Crippen molar-refractivity contribution in [3.05, 3.63) is 449 Å². The smallest absolute Gasteiger partial charge is 0.0795 e. The molecule has 0 aliphatic heterocycles. The molecule has 0 bridgehead atoms. The Bertz CT molecular complexity index is 7950. The molecule has 0 aliphatic rings. The third-order valence-corrected chi connectivity index (χ3v) is 24.1. The van der Waals surface area contributed by atoms with Gasteiger partial charge in [0.1, 0.15) is 0 Å². The van der Waals surface area contributed by atoms with Gasteiger partial charge in [-0.05, 0) is 200 Å². The zero-order valence-electron chi connectivity index (χ0n) is 64.4. The molecule has 4 aromatic heterocycles. The van der Waals surface area contributed by atoms with E-state index in [4.69, 9.17) is 0 Å². The van der Waals surface area contributed by atoms with E-state index in [9.17, 15) is 0 Å². The second-order valence-corrected chi connectivity index (χ2v) is 30.7. The van der Waals surface area contributed by atoms with Crippen LogP contribution >= 0.6 is 0 Å². The zero-order valence-corrected chi connectivity index (χ0v) is 64.4. The van der Waals surface area contributed by atoms with E-state index in [1.165, 1.54) is 164 Å². The Morgan fingerprint density at radius 3 is 0.856 bits per heavy atom. The summed E-state index contributed by atoms with van der Waals surface area (Å²) in [4.78, 5) is 4.65. The fourth-order valence-electron chi connectivity index (χ4n) is 18.9. The van der Waals surface area contributed by atoms with E-state index in [-0.39, 0.29) is 0 Å². The summed E-state index contributed by atoms with van der Waals surface area (Å²) in [5.74, 6) is 0. The number of para-hydroxylation sites is 8. The largest absolute Gasteiger partial charge is 0.311 e. The maximum Gasteiger partial charge on any atom is 0.0795 e. The molecule has 6 heteroatoms. The fourth-order valence-corrected chi connectivity index (χ4v) is 18.9. The summed E-state index contributed by atoms with van der Waals surface area (Å²) in [6.45, 7) is 0. The van der Waals surface area contributed by atoms with E-state index in [1.807, 2.05) is 0 Å². The number of nitrogens with zero attached hydrogens (tertiary/aromatic N) is 6. The van der Waals surface area contributed by atoms with Crippen molar-refractivity contribution >= 4 is 164 Å². The summed E-state index contributed by atoms with van der Waals surface area (Å²) in [5, 5.41) is 19.6. The minimum absolute atomic E-state index is 1.11. The van der Waals surface area contributed by atoms with Gasteiger partial charge in [0.2, 0.25) is 0 Å². The molecule has 24 aromatic rings. The Labute approximate surface area is 681 Å². The predicted octanol–water partition coefficient (Wildman–Crippen LogP) is 30.6. The first-order valence-electron chi connectivity index (χ1n) is 40.5. The van der Waals surface area contributed by atoms with E-state index >= 15 is 0 Å². The third-order valence-electron chi connectivity index (χ3n) is 24.1. The van der Waals surface area contributed by atoms with Gasteiger partial charge in [-0.15, -0.1) is 0 Å². The zero-order chi connectivity index (χ0) is 77.7. The third kappa shape index (κ3) is 11.1. The van der Waals surface area contributed by atoms with Crippen LogP contribution in [0, 0.1) is 0 Å². The Hall–Kier alpha value is -15.8. The SMILES string of the molecule is c1ccc(N(c2ccccc2)c2ccc(-c3cc4c5ccccc5n(-c5ccc6ccccc6c5)c4c4c3c3ccccc3n4-c3ccc4ccccc4c3)cc2)cc1.c1ccc(N(c2ccccc2)c2ccc(-c3cc4c5ccccc5n(-c5cccc6ccccc56)c4c4c3c3ccccc3n4-c3cccc4ccccc34)cc2)cc1. The van der Waals surface area contributed by atoms with Crippen molar-refractivity contribution in [3.8, 4) is 45.0 Å². The monoisotopic (exact) mass is 1500 g/mol. The Kier molecular flexibility index (Phi) is 16.2. The van der Waals surface area contributed by atoms with Gasteiger partial charge in [0, 0.05) is 99.4 Å². The molecule has 0 aliphatic carbocycles. The van der Waals surface area contributed by atoms with Crippen LogP contribution in [0.25, 0.3) is 175 Å². The second kappa shape index (κ2) is 28.1. The summed E-state index contributed by atoms with van der Waals surface area (Å²) >= 11 is 0. The maximum atomic E-state index is 2.54. The van der Waals surface area contributed by atoms with Crippen LogP contribution in [0.5, 0.6) is 0 Å². The standard InChI is InChI=1S/2C56H37N3/c1-3-21-41(22-4-1)57(42-23-5-2-6-24-42)43-35-33-40(34-36-43)48-37-49-46-27-11-13-29-52(46)58(50-31-15-19-38-17-7-9-25-44(38)50)55(49)56-54(48)47-28-12-14-30-53(47)59(56)51-32-16-20-39-18-8-10-26-45(39)51;1-3-19-43(20-4-1)57(44-21-5-2-6-22-44)45-31-29-40(30-32-45)50-37-51-48-23-11-13-25-52(48)58(46-33-27-38-15-7-9-17-41(38)35-46)55(51)56-54(50)49-24-12-14-26-53(49)59(56)47-34-28-39-16-8-10-18-42(39)36-47/h2*1-37H. The van der Waals surface area contributed by atoms with Crippen LogP contribution in [-0.2, 0) is 0 Å². The Morgan fingerprint density at radius 2 is 0.441 bits per heavy atom. The molecule has 0 atom stereocenters. The second-order valence-electron chi connectivity index (χ2n) is 30.7. The predicted molar refractivity (Wildman–Crippen MR) is 501 cm³/mol. The van der Waals surface area contributed by atoms with Gasteiger partial charge in [0.25, 0.3) is 0 Å². The highest BCUT2D eigenvalue weighted by Gasteiger charge is 2.29. The number of aromatic nitrogens is 4. The van der Waals surface area contributed by atoms with Gasteiger partial charge in [-0.2, -0.15) is 0 Å². The molecule has 0 amide bonds. The molecule has 0 fully saturated rings. The number of hydrogen-bond donors (Lipinski definition) is 0. The highest BCUT2D eigenvalue weighted by molar-refractivity contribution is 6.30. The maximum absolute atomic E-state index is 2.54. The van der Waals surface area contributed by atoms with Crippen LogP contribution in [0.1, 0.15) is 0 Å². The van der Waals surface area contributed by atoms with Crippen molar-refractivity contribution in [2.75, 3.05) is 9.80 Å². The van der Waals surface area contributed by atoms with Crippen molar-refractivity contribution < 1.29 is 0 Å². The number of hydrogen-bond acceptors (Lipinski definition) is 2. The minimum atomic E-state index is 1.11. The number of fused-ring (bicyclic) bond motifs is 18. The first kappa shape index (κ1) is 67.9. The van der Waals surface area contributed by atoms with E-state index in [0.717, 1.165) is 45.5 Å². The molecule has 552 valence electrons. The minimum Gasteiger partial charge on any atom is -0.311 e. The van der Waals surface area contributed by atoms with Crippen LogP contribution in [0.2, 0.25) is 0 Å². The summed E-state index contributed by atoms with van der Waals surface area (Å²) in [5.41, 5.74) is 25.6. The van der Waals surface area contributed by atoms with Crippen LogP contribution in [-0.4, -0.2) is 18.3 Å². The molecule has 0 unspecified atom stereocenters. The lowest BCUT2D eigenvalue weighted by Crippen LogP contribution is -2.09. The molecule has 0 saturated heterocycles. The summed E-state index contributed by atoms with van der Waals surface area (Å²) < 4.78 is 10.1. The van der Waals surface area contributed by atoms with Gasteiger partial charge in [0.15, 0.2) is 0 Å². The van der Waals surface area contributed by atoms with Gasteiger partial charge in [0.05, 0.1) is 55.5 Å². The summed E-state index contributed by atoms with van der Waals surface area (Å²) in [6.07, 6.45) is 0. The first-order chi connectivity index (χ1) is 58.6.